The van der Waals surface area contributed by atoms with Crippen molar-refractivity contribution >= 4 is 5.97 Å². The molecule has 0 spiro atoms. The third-order valence-corrected chi connectivity index (χ3v) is 3.08. The molecule has 0 saturated carbocycles. The second-order valence-corrected chi connectivity index (χ2v) is 4.29. The van der Waals surface area contributed by atoms with Crippen molar-refractivity contribution in [3.63, 3.8) is 0 Å². The average molecular weight is 229 g/mol. The van der Waals surface area contributed by atoms with E-state index < -0.39 is 0 Å². The first-order valence-corrected chi connectivity index (χ1v) is 6.13. The number of carbonyl (C=O) groups excluding carboxylic acids is 1. The first kappa shape index (κ1) is 13.5. The summed E-state index contributed by atoms with van der Waals surface area (Å²) in [5.41, 5.74) is 0. The number of hydrogen-bond donors (Lipinski definition) is 0. The Labute approximate surface area is 97.9 Å². The zero-order chi connectivity index (χ0) is 11.8. The van der Waals surface area contributed by atoms with Gasteiger partial charge in [-0.1, -0.05) is 0 Å². The summed E-state index contributed by atoms with van der Waals surface area (Å²) in [7, 11) is 1.73. The van der Waals surface area contributed by atoms with Crippen molar-refractivity contribution in [1.82, 2.24) is 4.90 Å². The van der Waals surface area contributed by atoms with Crippen molar-refractivity contribution in [3.05, 3.63) is 0 Å². The Balaban J connectivity index is 2.14. The van der Waals surface area contributed by atoms with Crippen LogP contribution in [-0.4, -0.2) is 50.8 Å². The van der Waals surface area contributed by atoms with Crippen molar-refractivity contribution in [2.45, 2.75) is 26.2 Å². The lowest BCUT2D eigenvalue weighted by atomic mass is 9.94. The molecule has 4 nitrogen and oxygen atoms in total. The monoisotopic (exact) mass is 229 g/mol. The van der Waals surface area contributed by atoms with Gasteiger partial charge in [-0.3, -0.25) is 4.79 Å². The number of esters is 1. The standard InChI is InChI=1S/C12H23NO3/c1-3-16-12(14)10-11-4-6-13(7-5-11)8-9-15-2/h11H,3-10H2,1-2H3. The first-order chi connectivity index (χ1) is 7.76. The predicted octanol–water partition coefficient (Wildman–Crippen LogP) is 1.30. The van der Waals surface area contributed by atoms with Gasteiger partial charge in [0.15, 0.2) is 0 Å². The van der Waals surface area contributed by atoms with Crippen molar-refractivity contribution < 1.29 is 14.3 Å². The van der Waals surface area contributed by atoms with Crippen LogP contribution in [0.1, 0.15) is 26.2 Å². The number of carbonyl (C=O) groups is 1. The second-order valence-electron chi connectivity index (χ2n) is 4.29. The van der Waals surface area contributed by atoms with Crippen LogP contribution in [0.25, 0.3) is 0 Å². The lowest BCUT2D eigenvalue weighted by Gasteiger charge is -2.31. The van der Waals surface area contributed by atoms with Gasteiger partial charge in [-0.05, 0) is 38.8 Å². The molecule has 0 bridgehead atoms. The van der Waals surface area contributed by atoms with Gasteiger partial charge in [-0.25, -0.2) is 0 Å². The molecule has 16 heavy (non-hydrogen) atoms. The minimum absolute atomic E-state index is 0.0437. The van der Waals surface area contributed by atoms with E-state index in [2.05, 4.69) is 4.90 Å². The van der Waals surface area contributed by atoms with Gasteiger partial charge in [-0.15, -0.1) is 0 Å². The largest absolute Gasteiger partial charge is 0.466 e. The summed E-state index contributed by atoms with van der Waals surface area (Å²) in [6, 6.07) is 0. The molecule has 1 rings (SSSR count). The SMILES string of the molecule is CCOC(=O)CC1CCN(CCOC)CC1. The highest BCUT2D eigenvalue weighted by atomic mass is 16.5. The topological polar surface area (TPSA) is 38.8 Å². The van der Waals surface area contributed by atoms with E-state index in [1.54, 1.807) is 7.11 Å². The number of piperidine rings is 1. The van der Waals surface area contributed by atoms with E-state index in [-0.39, 0.29) is 5.97 Å². The van der Waals surface area contributed by atoms with Gasteiger partial charge in [0.1, 0.15) is 0 Å². The van der Waals surface area contributed by atoms with Crippen LogP contribution in [0.2, 0.25) is 0 Å². The lowest BCUT2D eigenvalue weighted by Crippen LogP contribution is -2.36. The first-order valence-electron chi connectivity index (χ1n) is 6.13. The van der Waals surface area contributed by atoms with Crippen molar-refractivity contribution in [3.8, 4) is 0 Å². The van der Waals surface area contributed by atoms with E-state index in [1.165, 1.54) is 0 Å². The van der Waals surface area contributed by atoms with Crippen molar-refractivity contribution in [2.24, 2.45) is 5.92 Å². The Hall–Kier alpha value is -0.610. The molecule has 1 aliphatic heterocycles. The van der Waals surface area contributed by atoms with Gasteiger partial charge in [0.25, 0.3) is 0 Å². The van der Waals surface area contributed by atoms with Gasteiger partial charge in [0.05, 0.1) is 13.2 Å². The average Bonchev–Trinajstić information content (AvgIpc) is 2.28. The number of rotatable bonds is 6. The highest BCUT2D eigenvalue weighted by Gasteiger charge is 2.21. The third kappa shape index (κ3) is 4.94. The molecule has 1 fully saturated rings. The Morgan fingerprint density at radius 2 is 2.06 bits per heavy atom. The fourth-order valence-electron chi connectivity index (χ4n) is 2.09. The fourth-order valence-corrected chi connectivity index (χ4v) is 2.09. The molecule has 0 N–H and O–H groups in total. The molecule has 0 unspecified atom stereocenters. The number of likely N-dealkylation sites (tertiary alicyclic amines) is 1. The summed E-state index contributed by atoms with van der Waals surface area (Å²) in [5.74, 6) is 0.468. The van der Waals surface area contributed by atoms with Gasteiger partial charge in [0, 0.05) is 20.1 Å². The van der Waals surface area contributed by atoms with Crippen LogP contribution >= 0.6 is 0 Å². The van der Waals surface area contributed by atoms with E-state index in [9.17, 15) is 4.79 Å². The van der Waals surface area contributed by atoms with Crippen molar-refractivity contribution in [1.29, 1.82) is 0 Å². The fraction of sp³-hybridized carbons (Fsp3) is 0.917. The molecule has 0 aromatic carbocycles. The van der Waals surface area contributed by atoms with Crippen LogP contribution in [-0.2, 0) is 14.3 Å². The maximum absolute atomic E-state index is 11.3. The molecule has 0 aromatic rings. The minimum Gasteiger partial charge on any atom is -0.466 e. The molecule has 0 aromatic heterocycles. The van der Waals surface area contributed by atoms with E-state index >= 15 is 0 Å². The predicted molar refractivity (Wildman–Crippen MR) is 62.3 cm³/mol. The van der Waals surface area contributed by atoms with Gasteiger partial charge in [0.2, 0.25) is 0 Å². The van der Waals surface area contributed by atoms with E-state index in [0.717, 1.165) is 39.1 Å². The van der Waals surface area contributed by atoms with Crippen LogP contribution in [0.4, 0.5) is 0 Å². The van der Waals surface area contributed by atoms with Crippen LogP contribution in [0, 0.1) is 5.92 Å². The van der Waals surface area contributed by atoms with Crippen LogP contribution in [0.5, 0.6) is 0 Å². The van der Waals surface area contributed by atoms with Crippen LogP contribution in [0.3, 0.4) is 0 Å². The summed E-state index contributed by atoms with van der Waals surface area (Å²) in [4.78, 5) is 13.7. The molecule has 1 saturated heterocycles. The Kier molecular flexibility index (Phi) is 6.42. The second kappa shape index (κ2) is 7.63. The number of methoxy groups -OCH3 is 1. The molecular formula is C12H23NO3. The Morgan fingerprint density at radius 1 is 1.38 bits per heavy atom. The van der Waals surface area contributed by atoms with Crippen LogP contribution in [0.15, 0.2) is 0 Å². The van der Waals surface area contributed by atoms with Gasteiger partial charge in [-0.2, -0.15) is 0 Å². The van der Waals surface area contributed by atoms with Gasteiger partial charge >= 0.3 is 5.97 Å². The normalized spacial score (nSPS) is 18.6. The molecule has 0 atom stereocenters. The highest BCUT2D eigenvalue weighted by molar-refractivity contribution is 5.69. The summed E-state index contributed by atoms with van der Waals surface area (Å²) in [6.07, 6.45) is 2.79. The smallest absolute Gasteiger partial charge is 0.306 e. The van der Waals surface area contributed by atoms with Gasteiger partial charge < -0.3 is 14.4 Å². The number of ether oxygens (including phenoxy) is 2. The summed E-state index contributed by atoms with van der Waals surface area (Å²) < 4.78 is 10.0. The molecule has 0 radical (unpaired) electrons. The number of hydrogen-bond acceptors (Lipinski definition) is 4. The highest BCUT2D eigenvalue weighted by Crippen LogP contribution is 2.20. The summed E-state index contributed by atoms with van der Waals surface area (Å²) in [5, 5.41) is 0. The molecule has 4 heteroatoms. The molecule has 1 heterocycles. The maximum Gasteiger partial charge on any atom is 0.306 e. The zero-order valence-corrected chi connectivity index (χ0v) is 10.4. The molecule has 94 valence electrons. The summed E-state index contributed by atoms with van der Waals surface area (Å²) in [6.45, 7) is 6.29. The third-order valence-electron chi connectivity index (χ3n) is 3.08. The zero-order valence-electron chi connectivity index (χ0n) is 10.4. The minimum atomic E-state index is -0.0437. The lowest BCUT2D eigenvalue weighted by molar-refractivity contribution is -0.144. The van der Waals surface area contributed by atoms with E-state index in [4.69, 9.17) is 9.47 Å². The number of nitrogens with zero attached hydrogens (tertiary/aromatic N) is 1. The van der Waals surface area contributed by atoms with Crippen molar-refractivity contribution in [2.75, 3.05) is 40.0 Å². The quantitative estimate of drug-likeness (QED) is 0.643. The van der Waals surface area contributed by atoms with E-state index in [1.807, 2.05) is 6.92 Å². The van der Waals surface area contributed by atoms with E-state index in [0.29, 0.717) is 18.9 Å². The molecule has 1 aliphatic rings. The molecule has 0 aliphatic carbocycles. The molecule has 0 amide bonds. The molecular weight excluding hydrogens is 206 g/mol. The maximum atomic E-state index is 11.3. The Morgan fingerprint density at radius 3 is 2.62 bits per heavy atom. The Bertz CT molecular complexity index is 200. The summed E-state index contributed by atoms with van der Waals surface area (Å²) >= 11 is 0. The van der Waals surface area contributed by atoms with Crippen LogP contribution < -0.4 is 0 Å².